The first-order valence-electron chi connectivity index (χ1n) is 8.27. The highest BCUT2D eigenvalue weighted by Gasteiger charge is 2.50. The van der Waals surface area contributed by atoms with Crippen LogP contribution in [0.2, 0.25) is 0 Å². The first-order valence-corrected chi connectivity index (χ1v) is 9.15. The average Bonchev–Trinajstić information content (AvgIpc) is 2.93. The maximum absolute atomic E-state index is 12.8. The summed E-state index contributed by atoms with van der Waals surface area (Å²) in [7, 11) is 2.05. The lowest BCUT2D eigenvalue weighted by Gasteiger charge is -2.39. The van der Waals surface area contributed by atoms with Gasteiger partial charge in [0.25, 0.3) is 0 Å². The molecule has 0 radical (unpaired) electrons. The van der Waals surface area contributed by atoms with E-state index in [2.05, 4.69) is 48.1 Å². The molecule has 0 aromatic carbocycles. The summed E-state index contributed by atoms with van der Waals surface area (Å²) in [5.41, 5.74) is 0.698. The molecule has 1 saturated heterocycles. The molecule has 2 aliphatic rings. The average molecular weight is 321 g/mol. The van der Waals surface area contributed by atoms with E-state index in [-0.39, 0.29) is 0 Å². The van der Waals surface area contributed by atoms with Crippen molar-refractivity contribution in [3.63, 3.8) is 0 Å². The summed E-state index contributed by atoms with van der Waals surface area (Å²) < 4.78 is 0. The van der Waals surface area contributed by atoms with Gasteiger partial charge in [-0.05, 0) is 48.6 Å². The molecule has 1 aliphatic carbocycles. The summed E-state index contributed by atoms with van der Waals surface area (Å²) in [4.78, 5) is 18.4. The Labute approximate surface area is 138 Å². The van der Waals surface area contributed by atoms with Crippen molar-refractivity contribution < 1.29 is 4.79 Å². The Balaban J connectivity index is 1.61. The number of rotatable bonds is 4. The van der Waals surface area contributed by atoms with Crippen LogP contribution >= 0.6 is 11.3 Å². The van der Waals surface area contributed by atoms with Gasteiger partial charge in [-0.25, -0.2) is 0 Å². The first-order chi connectivity index (χ1) is 10.3. The molecule has 2 bridgehead atoms. The van der Waals surface area contributed by atoms with Crippen LogP contribution in [0.25, 0.3) is 0 Å². The van der Waals surface area contributed by atoms with Gasteiger partial charge in [0.2, 0.25) is 5.91 Å². The van der Waals surface area contributed by atoms with Gasteiger partial charge in [0.1, 0.15) is 0 Å². The number of fused-ring (bicyclic) bond motifs is 2. The second-order valence-electron chi connectivity index (χ2n) is 8.49. The van der Waals surface area contributed by atoms with Gasteiger partial charge in [-0.2, -0.15) is 0 Å². The molecular formula is C18H28N2OS. The summed E-state index contributed by atoms with van der Waals surface area (Å²) in [6.07, 6.45) is 3.59. The zero-order valence-electron chi connectivity index (χ0n) is 14.3. The summed E-state index contributed by atoms with van der Waals surface area (Å²) in [6.45, 7) is 9.43. The maximum atomic E-state index is 12.8. The van der Waals surface area contributed by atoms with E-state index in [0.29, 0.717) is 29.3 Å². The molecule has 2 fully saturated rings. The van der Waals surface area contributed by atoms with Gasteiger partial charge in [-0.1, -0.05) is 26.8 Å². The second kappa shape index (κ2) is 5.64. The molecule has 0 spiro atoms. The van der Waals surface area contributed by atoms with Gasteiger partial charge >= 0.3 is 0 Å². The molecule has 1 aromatic rings. The predicted octanol–water partition coefficient (Wildman–Crippen LogP) is 3.61. The number of carbonyl (C=O) groups excluding carboxylic acids is 1. The van der Waals surface area contributed by atoms with Gasteiger partial charge in [0, 0.05) is 24.0 Å². The lowest BCUT2D eigenvalue weighted by molar-refractivity contribution is -0.133. The van der Waals surface area contributed by atoms with Crippen LogP contribution in [0.4, 0.5) is 0 Å². The minimum atomic E-state index is 0.311. The Bertz CT molecular complexity index is 539. The molecule has 1 saturated carbocycles. The van der Waals surface area contributed by atoms with Gasteiger partial charge in [-0.15, -0.1) is 11.3 Å². The molecule has 2 atom stereocenters. The van der Waals surface area contributed by atoms with E-state index in [9.17, 15) is 4.79 Å². The number of likely N-dealkylation sites (N-methyl/N-ethyl adjacent to an activating group) is 1. The Morgan fingerprint density at radius 3 is 2.86 bits per heavy atom. The highest BCUT2D eigenvalue weighted by atomic mass is 32.1. The number of likely N-dealkylation sites (tertiary alicyclic amines) is 1. The van der Waals surface area contributed by atoms with E-state index in [1.165, 1.54) is 17.7 Å². The Hall–Kier alpha value is -0.870. The predicted molar refractivity (Wildman–Crippen MR) is 91.9 cm³/mol. The quantitative estimate of drug-likeness (QED) is 0.846. The van der Waals surface area contributed by atoms with Crippen molar-refractivity contribution in [2.24, 2.45) is 10.8 Å². The fraction of sp³-hybridized carbons (Fsp3) is 0.722. The SMILES string of the molecule is CN(CC(=O)N1CC2(C)CC1CC(C)(C)C2)Cc1cccs1. The monoisotopic (exact) mass is 320 g/mol. The van der Waals surface area contributed by atoms with Crippen LogP contribution in [-0.2, 0) is 11.3 Å². The van der Waals surface area contributed by atoms with Gasteiger partial charge < -0.3 is 4.90 Å². The van der Waals surface area contributed by atoms with Crippen molar-refractivity contribution in [2.45, 2.75) is 52.6 Å². The number of thiophene rings is 1. The van der Waals surface area contributed by atoms with Crippen molar-refractivity contribution >= 4 is 17.2 Å². The number of carbonyl (C=O) groups is 1. The van der Waals surface area contributed by atoms with E-state index in [4.69, 9.17) is 0 Å². The zero-order valence-corrected chi connectivity index (χ0v) is 15.1. The standard InChI is InChI=1S/C18H28N2OS/c1-17(2)8-14-9-18(3,12-17)13-20(14)16(21)11-19(4)10-15-6-5-7-22-15/h5-7,14H,8-13H2,1-4H3. The molecule has 122 valence electrons. The fourth-order valence-electron chi connectivity index (χ4n) is 4.80. The van der Waals surface area contributed by atoms with Crippen molar-refractivity contribution in [3.8, 4) is 0 Å². The van der Waals surface area contributed by atoms with Crippen molar-refractivity contribution in [2.75, 3.05) is 20.1 Å². The van der Waals surface area contributed by atoms with E-state index >= 15 is 0 Å². The Kier molecular flexibility index (Phi) is 4.11. The first kappa shape index (κ1) is 16.0. The Morgan fingerprint density at radius 2 is 2.18 bits per heavy atom. The minimum Gasteiger partial charge on any atom is -0.338 e. The highest BCUT2D eigenvalue weighted by molar-refractivity contribution is 7.09. The Morgan fingerprint density at radius 1 is 1.41 bits per heavy atom. The van der Waals surface area contributed by atoms with Crippen LogP contribution in [0, 0.1) is 10.8 Å². The topological polar surface area (TPSA) is 23.6 Å². The van der Waals surface area contributed by atoms with Crippen LogP contribution in [0.3, 0.4) is 0 Å². The van der Waals surface area contributed by atoms with Gasteiger partial charge in [0.15, 0.2) is 0 Å². The molecule has 3 rings (SSSR count). The molecule has 1 aliphatic heterocycles. The third-order valence-electron chi connectivity index (χ3n) is 5.15. The van der Waals surface area contributed by atoms with Crippen molar-refractivity contribution in [3.05, 3.63) is 22.4 Å². The molecule has 22 heavy (non-hydrogen) atoms. The van der Waals surface area contributed by atoms with Crippen LogP contribution in [-0.4, -0.2) is 41.9 Å². The second-order valence-corrected chi connectivity index (χ2v) is 9.52. The van der Waals surface area contributed by atoms with Crippen LogP contribution in [0.1, 0.15) is 44.9 Å². The normalized spacial score (nSPS) is 30.0. The van der Waals surface area contributed by atoms with Gasteiger partial charge in [-0.3, -0.25) is 9.69 Å². The van der Waals surface area contributed by atoms with E-state index < -0.39 is 0 Å². The lowest BCUT2D eigenvalue weighted by Crippen LogP contribution is -2.42. The third kappa shape index (κ3) is 3.38. The van der Waals surface area contributed by atoms with E-state index in [1.54, 1.807) is 11.3 Å². The number of hydrogen-bond acceptors (Lipinski definition) is 3. The zero-order chi connectivity index (χ0) is 16.0. The minimum absolute atomic E-state index is 0.311. The maximum Gasteiger partial charge on any atom is 0.237 e. The summed E-state index contributed by atoms with van der Waals surface area (Å²) >= 11 is 1.76. The summed E-state index contributed by atoms with van der Waals surface area (Å²) in [6, 6.07) is 4.66. The number of hydrogen-bond donors (Lipinski definition) is 0. The molecule has 1 aromatic heterocycles. The summed E-state index contributed by atoms with van der Waals surface area (Å²) in [5, 5.41) is 2.09. The molecule has 2 heterocycles. The van der Waals surface area contributed by atoms with Crippen molar-refractivity contribution in [1.82, 2.24) is 9.80 Å². The van der Waals surface area contributed by atoms with Gasteiger partial charge in [0.05, 0.1) is 6.54 Å². The van der Waals surface area contributed by atoms with Crippen LogP contribution in [0.15, 0.2) is 17.5 Å². The molecule has 0 N–H and O–H groups in total. The highest BCUT2D eigenvalue weighted by Crippen LogP contribution is 2.52. The fourth-order valence-corrected chi connectivity index (χ4v) is 5.58. The van der Waals surface area contributed by atoms with Crippen LogP contribution in [0.5, 0.6) is 0 Å². The molecule has 1 amide bonds. The molecule has 3 nitrogen and oxygen atoms in total. The largest absolute Gasteiger partial charge is 0.338 e. The van der Waals surface area contributed by atoms with E-state index in [0.717, 1.165) is 19.5 Å². The number of amides is 1. The smallest absolute Gasteiger partial charge is 0.237 e. The lowest BCUT2D eigenvalue weighted by atomic mass is 9.65. The third-order valence-corrected chi connectivity index (χ3v) is 6.01. The summed E-state index contributed by atoms with van der Waals surface area (Å²) in [5.74, 6) is 0.311. The molecule has 4 heteroatoms. The molecular weight excluding hydrogens is 292 g/mol. The number of nitrogens with zero attached hydrogens (tertiary/aromatic N) is 2. The molecule has 2 unspecified atom stereocenters. The van der Waals surface area contributed by atoms with E-state index in [1.807, 2.05) is 7.05 Å². The van der Waals surface area contributed by atoms with Crippen molar-refractivity contribution in [1.29, 1.82) is 0 Å². The van der Waals surface area contributed by atoms with Crippen LogP contribution < -0.4 is 0 Å².